The monoisotopic (exact) mass is 256 g/mol. The molecule has 0 heterocycles. The van der Waals surface area contributed by atoms with Crippen LogP contribution in [-0.2, 0) is 0 Å². The predicted molar refractivity (Wildman–Crippen MR) is 64.2 cm³/mol. The summed E-state index contributed by atoms with van der Waals surface area (Å²) in [4.78, 5) is 0. The summed E-state index contributed by atoms with van der Waals surface area (Å²) >= 11 is 3.48. The predicted octanol–water partition coefficient (Wildman–Crippen LogP) is 3.79. The highest BCUT2D eigenvalue weighted by molar-refractivity contribution is 9.09. The highest BCUT2D eigenvalue weighted by Gasteiger charge is 2.16. The first-order chi connectivity index (χ1) is 6.53. The zero-order valence-electron chi connectivity index (χ0n) is 9.01. The number of alkyl halides is 1. The van der Waals surface area contributed by atoms with Crippen LogP contribution in [0.1, 0.15) is 19.4 Å². The minimum atomic E-state index is 0.184. The number of hydrogen-bond donors (Lipinski definition) is 0. The van der Waals surface area contributed by atoms with E-state index < -0.39 is 0 Å². The lowest BCUT2D eigenvalue weighted by molar-refractivity contribution is 0.203. The zero-order chi connectivity index (χ0) is 10.6. The second-order valence-corrected chi connectivity index (χ2v) is 4.96. The van der Waals surface area contributed by atoms with Gasteiger partial charge in [-0.25, -0.2) is 0 Å². The van der Waals surface area contributed by atoms with Crippen molar-refractivity contribution < 1.29 is 4.74 Å². The van der Waals surface area contributed by atoms with Gasteiger partial charge in [-0.3, -0.25) is 0 Å². The van der Waals surface area contributed by atoms with E-state index in [0.29, 0.717) is 0 Å². The molecule has 0 N–H and O–H groups in total. The van der Waals surface area contributed by atoms with Crippen LogP contribution < -0.4 is 4.74 Å². The summed E-state index contributed by atoms with van der Waals surface area (Å²) in [6.07, 6.45) is 0. The van der Waals surface area contributed by atoms with Gasteiger partial charge in [0.05, 0.1) is 6.61 Å². The van der Waals surface area contributed by atoms with Crippen LogP contribution in [-0.4, -0.2) is 11.9 Å². The Labute approximate surface area is 94.6 Å². The van der Waals surface area contributed by atoms with Gasteiger partial charge >= 0.3 is 0 Å². The number of halogens is 1. The van der Waals surface area contributed by atoms with Crippen LogP contribution in [0, 0.1) is 12.3 Å². The quantitative estimate of drug-likeness (QED) is 0.745. The summed E-state index contributed by atoms with van der Waals surface area (Å²) < 4.78 is 5.71. The molecular weight excluding hydrogens is 240 g/mol. The molecule has 0 spiro atoms. The van der Waals surface area contributed by atoms with Gasteiger partial charge in [-0.1, -0.05) is 41.9 Å². The van der Waals surface area contributed by atoms with Gasteiger partial charge < -0.3 is 4.74 Å². The summed E-state index contributed by atoms with van der Waals surface area (Å²) in [7, 11) is 0. The third kappa shape index (κ3) is 3.70. The SMILES string of the molecule is Cc1cccc(OCC(C)(C)CBr)c1. The van der Waals surface area contributed by atoms with E-state index in [-0.39, 0.29) is 5.41 Å². The Kier molecular flexibility index (Phi) is 3.99. The lowest BCUT2D eigenvalue weighted by atomic mass is 9.98. The Morgan fingerprint density at radius 2 is 2.07 bits per heavy atom. The van der Waals surface area contributed by atoms with Crippen LogP contribution in [0.15, 0.2) is 24.3 Å². The van der Waals surface area contributed by atoms with E-state index >= 15 is 0 Å². The molecule has 0 saturated heterocycles. The topological polar surface area (TPSA) is 9.23 Å². The number of benzene rings is 1. The van der Waals surface area contributed by atoms with Crippen LogP contribution in [0.5, 0.6) is 5.75 Å². The van der Waals surface area contributed by atoms with Crippen molar-refractivity contribution in [3.63, 3.8) is 0 Å². The number of hydrogen-bond acceptors (Lipinski definition) is 1. The maximum atomic E-state index is 5.71. The van der Waals surface area contributed by atoms with Gasteiger partial charge in [-0.2, -0.15) is 0 Å². The molecule has 2 heteroatoms. The average molecular weight is 257 g/mol. The number of aryl methyl sites for hydroxylation is 1. The molecule has 78 valence electrons. The molecule has 0 atom stereocenters. The first kappa shape index (κ1) is 11.6. The van der Waals surface area contributed by atoms with Crippen molar-refractivity contribution in [3.8, 4) is 5.75 Å². The second kappa shape index (κ2) is 4.83. The van der Waals surface area contributed by atoms with E-state index in [0.717, 1.165) is 17.7 Å². The second-order valence-electron chi connectivity index (χ2n) is 4.40. The van der Waals surface area contributed by atoms with Crippen LogP contribution in [0.25, 0.3) is 0 Å². The molecular formula is C12H17BrO. The van der Waals surface area contributed by atoms with E-state index in [1.54, 1.807) is 0 Å². The van der Waals surface area contributed by atoms with Crippen LogP contribution in [0.3, 0.4) is 0 Å². The van der Waals surface area contributed by atoms with Gasteiger partial charge in [0.25, 0.3) is 0 Å². The lowest BCUT2D eigenvalue weighted by Crippen LogP contribution is -2.22. The molecule has 14 heavy (non-hydrogen) atoms. The van der Waals surface area contributed by atoms with Gasteiger partial charge in [-0.05, 0) is 24.6 Å². The van der Waals surface area contributed by atoms with Crippen LogP contribution >= 0.6 is 15.9 Å². The van der Waals surface area contributed by atoms with Gasteiger partial charge in [0.2, 0.25) is 0 Å². The molecule has 0 saturated carbocycles. The Balaban J connectivity index is 2.54. The fourth-order valence-electron chi connectivity index (χ4n) is 1.02. The van der Waals surface area contributed by atoms with Crippen molar-refractivity contribution in [2.75, 3.05) is 11.9 Å². The normalized spacial score (nSPS) is 11.4. The van der Waals surface area contributed by atoms with E-state index in [1.807, 2.05) is 12.1 Å². The Hall–Kier alpha value is -0.500. The van der Waals surface area contributed by atoms with Gasteiger partial charge in [-0.15, -0.1) is 0 Å². The summed E-state index contributed by atoms with van der Waals surface area (Å²) in [5, 5.41) is 0.950. The third-order valence-electron chi connectivity index (χ3n) is 1.98. The zero-order valence-corrected chi connectivity index (χ0v) is 10.6. The highest BCUT2D eigenvalue weighted by atomic mass is 79.9. The molecule has 0 aliphatic carbocycles. The van der Waals surface area contributed by atoms with Crippen molar-refractivity contribution >= 4 is 15.9 Å². The molecule has 1 aromatic carbocycles. The first-order valence-electron chi connectivity index (χ1n) is 4.79. The van der Waals surface area contributed by atoms with Crippen molar-refractivity contribution in [1.29, 1.82) is 0 Å². The average Bonchev–Trinajstić information content (AvgIpc) is 2.15. The van der Waals surface area contributed by atoms with Gasteiger partial charge in [0, 0.05) is 10.7 Å². The van der Waals surface area contributed by atoms with Crippen molar-refractivity contribution in [1.82, 2.24) is 0 Å². The van der Waals surface area contributed by atoms with Crippen molar-refractivity contribution in [2.45, 2.75) is 20.8 Å². The maximum Gasteiger partial charge on any atom is 0.119 e. The summed E-state index contributed by atoms with van der Waals surface area (Å²) in [6, 6.07) is 8.15. The van der Waals surface area contributed by atoms with Gasteiger partial charge in [0.1, 0.15) is 5.75 Å². The van der Waals surface area contributed by atoms with Crippen LogP contribution in [0.4, 0.5) is 0 Å². The Morgan fingerprint density at radius 3 is 2.64 bits per heavy atom. The summed E-state index contributed by atoms with van der Waals surface area (Å²) in [6.45, 7) is 7.17. The molecule has 0 amide bonds. The molecule has 0 radical (unpaired) electrons. The third-order valence-corrected chi connectivity index (χ3v) is 3.50. The van der Waals surface area contributed by atoms with Gasteiger partial charge in [0.15, 0.2) is 0 Å². The maximum absolute atomic E-state index is 5.71. The molecule has 0 aliphatic rings. The fourth-order valence-corrected chi connectivity index (χ4v) is 1.18. The van der Waals surface area contributed by atoms with E-state index in [2.05, 4.69) is 48.8 Å². The molecule has 0 fully saturated rings. The van der Waals surface area contributed by atoms with Crippen molar-refractivity contribution in [2.24, 2.45) is 5.41 Å². The minimum Gasteiger partial charge on any atom is -0.493 e. The largest absolute Gasteiger partial charge is 0.493 e. The highest BCUT2D eigenvalue weighted by Crippen LogP contribution is 2.21. The molecule has 0 bridgehead atoms. The minimum absolute atomic E-state index is 0.184. The van der Waals surface area contributed by atoms with Crippen molar-refractivity contribution in [3.05, 3.63) is 29.8 Å². The lowest BCUT2D eigenvalue weighted by Gasteiger charge is -2.21. The molecule has 1 nitrogen and oxygen atoms in total. The number of rotatable bonds is 4. The standard InChI is InChI=1S/C12H17BrO/c1-10-5-4-6-11(7-10)14-9-12(2,3)8-13/h4-7H,8-9H2,1-3H3. The first-order valence-corrected chi connectivity index (χ1v) is 5.91. The molecule has 0 aromatic heterocycles. The van der Waals surface area contributed by atoms with E-state index in [9.17, 15) is 0 Å². The van der Waals surface area contributed by atoms with E-state index in [4.69, 9.17) is 4.74 Å². The molecule has 0 unspecified atom stereocenters. The Bertz CT molecular complexity index is 294. The summed E-state index contributed by atoms with van der Waals surface area (Å²) in [5.41, 5.74) is 1.42. The molecule has 1 aromatic rings. The smallest absolute Gasteiger partial charge is 0.119 e. The van der Waals surface area contributed by atoms with E-state index in [1.165, 1.54) is 5.56 Å². The Morgan fingerprint density at radius 1 is 1.36 bits per heavy atom. The molecule has 0 aliphatic heterocycles. The number of ether oxygens (including phenoxy) is 1. The summed E-state index contributed by atoms with van der Waals surface area (Å²) in [5.74, 6) is 0.957. The van der Waals surface area contributed by atoms with Crippen LogP contribution in [0.2, 0.25) is 0 Å². The fraction of sp³-hybridized carbons (Fsp3) is 0.500. The molecule has 1 rings (SSSR count).